The molecule has 0 aliphatic heterocycles. The van der Waals surface area contributed by atoms with Crippen LogP contribution in [0.5, 0.6) is 0 Å². The molecule has 0 spiro atoms. The molecule has 0 radical (unpaired) electrons. The molecule has 2 aromatic rings. The first-order valence-electron chi connectivity index (χ1n) is 7.86. The van der Waals surface area contributed by atoms with Crippen molar-refractivity contribution in [2.45, 2.75) is 39.7 Å². The molecule has 2 aromatic heterocycles. The highest BCUT2D eigenvalue weighted by Gasteiger charge is 2.17. The van der Waals surface area contributed by atoms with Gasteiger partial charge in [0.1, 0.15) is 11.3 Å². The van der Waals surface area contributed by atoms with Gasteiger partial charge in [0, 0.05) is 48.6 Å². The minimum Gasteiger partial charge on any atom is -0.384 e. The number of hydrogen-bond acceptors (Lipinski definition) is 5. The van der Waals surface area contributed by atoms with Gasteiger partial charge in [-0.05, 0) is 32.3 Å². The van der Waals surface area contributed by atoms with E-state index in [2.05, 4.69) is 16.5 Å². The number of nitrogens with two attached hydrogens (primary N) is 1. The molecule has 0 aromatic carbocycles. The fraction of sp³-hybridized carbons (Fsp3) is 0.625. The first kappa shape index (κ1) is 17.9. The number of pyridine rings is 1. The summed E-state index contributed by atoms with van der Waals surface area (Å²) in [6.45, 7) is 5.49. The van der Waals surface area contributed by atoms with Gasteiger partial charge < -0.3 is 15.0 Å². The van der Waals surface area contributed by atoms with Gasteiger partial charge in [0.25, 0.3) is 0 Å². The highest BCUT2D eigenvalue weighted by atomic mass is 32.2. The number of imidazole rings is 1. The molecule has 128 valence electrons. The SMILES string of the molecule is COCCc1nc2c(N)nc(C)c(C)c2n1CCCCS(C)=O. The Bertz CT molecular complexity index is 712. The van der Waals surface area contributed by atoms with Gasteiger partial charge in [0.2, 0.25) is 0 Å². The number of anilines is 1. The standard InChI is InChI=1S/C16H26N4O2S/c1-11-12(2)18-16(17)14-15(11)20(8-5-6-10-23(4)21)13(19-14)7-9-22-3/h5-10H2,1-4H3,(H2,17,18). The highest BCUT2D eigenvalue weighted by Crippen LogP contribution is 2.26. The quantitative estimate of drug-likeness (QED) is 0.744. The molecule has 1 atom stereocenters. The number of aryl methyl sites for hydroxylation is 3. The fourth-order valence-electron chi connectivity index (χ4n) is 2.75. The third-order valence-electron chi connectivity index (χ3n) is 4.07. The van der Waals surface area contributed by atoms with Crippen LogP contribution in [0.15, 0.2) is 0 Å². The molecule has 0 bridgehead atoms. The van der Waals surface area contributed by atoms with Crippen LogP contribution in [0.4, 0.5) is 5.82 Å². The van der Waals surface area contributed by atoms with E-state index in [4.69, 9.17) is 15.5 Å². The van der Waals surface area contributed by atoms with Crippen LogP contribution in [-0.4, -0.2) is 44.5 Å². The number of unbranched alkanes of at least 4 members (excludes halogenated alkanes) is 1. The van der Waals surface area contributed by atoms with Gasteiger partial charge in [-0.2, -0.15) is 0 Å². The summed E-state index contributed by atoms with van der Waals surface area (Å²) in [4.78, 5) is 9.09. The molecule has 0 saturated carbocycles. The Labute approximate surface area is 139 Å². The fourth-order valence-corrected chi connectivity index (χ4v) is 3.36. The van der Waals surface area contributed by atoms with Crippen molar-refractivity contribution >= 4 is 27.7 Å². The Kier molecular flexibility index (Phi) is 6.12. The maximum atomic E-state index is 11.2. The van der Waals surface area contributed by atoms with Crippen molar-refractivity contribution in [2.75, 3.05) is 31.5 Å². The Morgan fingerprint density at radius 1 is 1.26 bits per heavy atom. The average Bonchev–Trinajstić information content (AvgIpc) is 2.86. The molecule has 0 fully saturated rings. The van der Waals surface area contributed by atoms with Gasteiger partial charge in [-0.1, -0.05) is 0 Å². The van der Waals surface area contributed by atoms with Gasteiger partial charge >= 0.3 is 0 Å². The van der Waals surface area contributed by atoms with Crippen LogP contribution in [0.3, 0.4) is 0 Å². The van der Waals surface area contributed by atoms with Gasteiger partial charge in [0.05, 0.1) is 12.1 Å². The lowest BCUT2D eigenvalue weighted by Crippen LogP contribution is -2.09. The van der Waals surface area contributed by atoms with E-state index in [0.29, 0.717) is 12.4 Å². The maximum Gasteiger partial charge on any atom is 0.151 e. The summed E-state index contributed by atoms with van der Waals surface area (Å²) in [5.41, 5.74) is 9.97. The van der Waals surface area contributed by atoms with Crippen LogP contribution < -0.4 is 5.73 Å². The number of aromatic nitrogens is 3. The second kappa shape index (κ2) is 7.88. The summed E-state index contributed by atoms with van der Waals surface area (Å²) < 4.78 is 18.6. The van der Waals surface area contributed by atoms with E-state index in [1.807, 2.05) is 6.92 Å². The smallest absolute Gasteiger partial charge is 0.151 e. The van der Waals surface area contributed by atoms with E-state index in [1.165, 1.54) is 0 Å². The Morgan fingerprint density at radius 3 is 2.65 bits per heavy atom. The van der Waals surface area contributed by atoms with Gasteiger partial charge in [-0.25, -0.2) is 9.97 Å². The summed E-state index contributed by atoms with van der Waals surface area (Å²) in [5, 5.41) is 0. The van der Waals surface area contributed by atoms with E-state index in [0.717, 1.165) is 59.7 Å². The molecule has 2 N–H and O–H groups in total. The summed E-state index contributed by atoms with van der Waals surface area (Å²) in [7, 11) is 0.952. The number of nitrogens with zero attached hydrogens (tertiary/aromatic N) is 3. The van der Waals surface area contributed by atoms with Crippen molar-refractivity contribution in [1.82, 2.24) is 14.5 Å². The molecule has 6 nitrogen and oxygen atoms in total. The monoisotopic (exact) mass is 338 g/mol. The molecule has 0 aliphatic rings. The molecule has 1 unspecified atom stereocenters. The Balaban J connectivity index is 2.38. The van der Waals surface area contributed by atoms with Gasteiger partial charge in [0.15, 0.2) is 5.82 Å². The predicted octanol–water partition coefficient (Wildman–Crippen LogP) is 1.98. The van der Waals surface area contributed by atoms with E-state index < -0.39 is 10.8 Å². The molecular formula is C16H26N4O2S. The van der Waals surface area contributed by atoms with Crippen molar-refractivity contribution in [3.05, 3.63) is 17.1 Å². The number of fused-ring (bicyclic) bond motifs is 1. The largest absolute Gasteiger partial charge is 0.384 e. The number of rotatable bonds is 8. The topological polar surface area (TPSA) is 83.0 Å². The van der Waals surface area contributed by atoms with Crippen molar-refractivity contribution in [2.24, 2.45) is 0 Å². The lowest BCUT2D eigenvalue weighted by Gasteiger charge is -2.11. The van der Waals surface area contributed by atoms with E-state index in [1.54, 1.807) is 13.4 Å². The molecular weight excluding hydrogens is 312 g/mol. The zero-order valence-electron chi connectivity index (χ0n) is 14.4. The molecule has 0 saturated heterocycles. The maximum absolute atomic E-state index is 11.2. The minimum atomic E-state index is -0.738. The van der Waals surface area contributed by atoms with Gasteiger partial charge in [-0.3, -0.25) is 4.21 Å². The summed E-state index contributed by atoms with van der Waals surface area (Å²) >= 11 is 0. The molecule has 0 amide bonds. The Hall–Kier alpha value is -1.47. The highest BCUT2D eigenvalue weighted by molar-refractivity contribution is 7.84. The first-order valence-corrected chi connectivity index (χ1v) is 9.59. The number of hydrogen-bond donors (Lipinski definition) is 1. The second-order valence-corrected chi connectivity index (χ2v) is 7.37. The van der Waals surface area contributed by atoms with Crippen LogP contribution >= 0.6 is 0 Å². The van der Waals surface area contributed by atoms with E-state index in [-0.39, 0.29) is 0 Å². The molecule has 2 rings (SSSR count). The average molecular weight is 338 g/mol. The zero-order valence-corrected chi connectivity index (χ0v) is 15.2. The molecule has 0 aliphatic carbocycles. The van der Waals surface area contributed by atoms with Gasteiger partial charge in [-0.15, -0.1) is 0 Å². The van der Waals surface area contributed by atoms with Crippen LogP contribution in [0.1, 0.15) is 29.9 Å². The molecule has 23 heavy (non-hydrogen) atoms. The second-order valence-electron chi connectivity index (χ2n) is 5.81. The van der Waals surface area contributed by atoms with Crippen LogP contribution in [0.25, 0.3) is 11.0 Å². The lowest BCUT2D eigenvalue weighted by atomic mass is 10.2. The molecule has 7 heteroatoms. The van der Waals surface area contributed by atoms with Crippen LogP contribution in [0.2, 0.25) is 0 Å². The van der Waals surface area contributed by atoms with E-state index in [9.17, 15) is 4.21 Å². The van der Waals surface area contributed by atoms with Crippen molar-refractivity contribution < 1.29 is 8.95 Å². The minimum absolute atomic E-state index is 0.482. The van der Waals surface area contributed by atoms with Crippen molar-refractivity contribution in [3.8, 4) is 0 Å². The summed E-state index contributed by atoms with van der Waals surface area (Å²) in [6, 6.07) is 0. The third kappa shape index (κ3) is 4.09. The van der Waals surface area contributed by atoms with Crippen LogP contribution in [0, 0.1) is 13.8 Å². The zero-order chi connectivity index (χ0) is 17.0. The first-order chi connectivity index (χ1) is 11.0. The third-order valence-corrected chi connectivity index (χ3v) is 4.93. The number of nitrogen functional groups attached to an aromatic ring is 1. The van der Waals surface area contributed by atoms with Crippen molar-refractivity contribution in [3.63, 3.8) is 0 Å². The van der Waals surface area contributed by atoms with Crippen LogP contribution in [-0.2, 0) is 28.5 Å². The lowest BCUT2D eigenvalue weighted by molar-refractivity contribution is 0.199. The number of methoxy groups -OCH3 is 1. The van der Waals surface area contributed by atoms with E-state index >= 15 is 0 Å². The molecule has 2 heterocycles. The Morgan fingerprint density at radius 2 is 2.00 bits per heavy atom. The summed E-state index contributed by atoms with van der Waals surface area (Å²) in [6.07, 6.45) is 4.39. The number of ether oxygens (including phenoxy) is 1. The predicted molar refractivity (Wildman–Crippen MR) is 95.2 cm³/mol. The van der Waals surface area contributed by atoms with Crippen molar-refractivity contribution in [1.29, 1.82) is 0 Å². The normalized spacial score (nSPS) is 12.9. The summed E-state index contributed by atoms with van der Waals surface area (Å²) in [5.74, 6) is 2.19.